The van der Waals surface area contributed by atoms with Crippen molar-refractivity contribution in [1.29, 1.82) is 0 Å². The zero-order valence-corrected chi connectivity index (χ0v) is 36.7. The first kappa shape index (κ1) is 52.9. The number of quaternary nitrogens is 1. The second-order valence-electron chi connectivity index (χ2n) is 16.1. The SMILES string of the molecule is CCCCCCCC/C=C\CCCCCCCCOCC(C[N+](C)(C)CCCCCO)OCCCCCCCC/C=C\CCCCCCCC.[Br-]. The van der Waals surface area contributed by atoms with Crippen LogP contribution in [0, 0.1) is 0 Å². The number of hydrogen-bond acceptors (Lipinski definition) is 3. The van der Waals surface area contributed by atoms with Crippen LogP contribution in [0.15, 0.2) is 24.3 Å². The smallest absolute Gasteiger partial charge is 0.130 e. The van der Waals surface area contributed by atoms with Crippen LogP contribution >= 0.6 is 0 Å². The Bertz CT molecular complexity index is 698. The van der Waals surface area contributed by atoms with Crippen molar-refractivity contribution in [3.05, 3.63) is 24.3 Å². The number of unbranched alkanes of at least 4 members (excludes halogenated alkanes) is 26. The van der Waals surface area contributed by atoms with Gasteiger partial charge >= 0.3 is 0 Å². The highest BCUT2D eigenvalue weighted by atomic mass is 79.9. The molecular formula is C46H92BrNO3. The average Bonchev–Trinajstić information content (AvgIpc) is 3.10. The monoisotopic (exact) mass is 786 g/mol. The standard InChI is InChI=1S/C46H92NO3.BrH/c1-5-7-9-11-13-15-17-19-21-23-25-27-29-31-33-38-42-49-45-46(44-47(3,4)40-36-35-37-41-48)50-43-39-34-32-30-28-26-24-22-20-18-16-14-12-10-8-6-2;/h19-22,46,48H,5-18,23-45H2,1-4H3;1H/q+1;/p-1/b21-19-,22-20-;. The van der Waals surface area contributed by atoms with Crippen LogP contribution in [0.1, 0.15) is 213 Å². The van der Waals surface area contributed by atoms with Crippen molar-refractivity contribution in [2.45, 2.75) is 219 Å². The van der Waals surface area contributed by atoms with E-state index < -0.39 is 0 Å². The number of aliphatic hydroxyl groups excluding tert-OH is 1. The van der Waals surface area contributed by atoms with Gasteiger partial charge < -0.3 is 36.0 Å². The molecule has 0 fully saturated rings. The number of hydrogen-bond donors (Lipinski definition) is 1. The molecule has 0 aromatic carbocycles. The van der Waals surface area contributed by atoms with Gasteiger partial charge in [0, 0.05) is 19.8 Å². The molecule has 4 nitrogen and oxygen atoms in total. The Morgan fingerprint density at radius 2 is 0.843 bits per heavy atom. The van der Waals surface area contributed by atoms with E-state index in [0.29, 0.717) is 6.61 Å². The van der Waals surface area contributed by atoms with E-state index in [2.05, 4.69) is 52.2 Å². The summed E-state index contributed by atoms with van der Waals surface area (Å²) >= 11 is 0. The van der Waals surface area contributed by atoms with Crippen LogP contribution in [0.25, 0.3) is 0 Å². The second kappa shape index (κ2) is 44.2. The third kappa shape index (κ3) is 44.1. The minimum atomic E-state index is 0. The van der Waals surface area contributed by atoms with Crippen molar-refractivity contribution >= 4 is 0 Å². The van der Waals surface area contributed by atoms with Gasteiger partial charge in [-0.05, 0) is 83.5 Å². The fourth-order valence-electron chi connectivity index (χ4n) is 6.89. The second-order valence-corrected chi connectivity index (χ2v) is 16.1. The molecule has 1 unspecified atom stereocenters. The molecule has 0 radical (unpaired) electrons. The highest BCUT2D eigenvalue weighted by Gasteiger charge is 2.22. The Labute approximate surface area is 331 Å². The summed E-state index contributed by atoms with van der Waals surface area (Å²) < 4.78 is 13.6. The number of ether oxygens (including phenoxy) is 2. The molecule has 0 aromatic heterocycles. The maximum atomic E-state index is 9.15. The van der Waals surface area contributed by atoms with E-state index in [-0.39, 0.29) is 23.1 Å². The molecule has 0 saturated heterocycles. The topological polar surface area (TPSA) is 38.7 Å². The molecule has 51 heavy (non-hydrogen) atoms. The van der Waals surface area contributed by atoms with E-state index in [1.165, 1.54) is 173 Å². The van der Waals surface area contributed by atoms with Crippen molar-refractivity contribution < 1.29 is 36.0 Å². The summed E-state index contributed by atoms with van der Waals surface area (Å²) in [6.07, 6.45) is 50.5. The fraction of sp³-hybridized carbons (Fsp3) is 0.913. The summed E-state index contributed by atoms with van der Waals surface area (Å²) in [7, 11) is 4.65. The molecule has 0 aromatic rings. The Balaban J connectivity index is 0. The molecule has 0 saturated carbocycles. The zero-order valence-electron chi connectivity index (χ0n) is 35.1. The molecule has 306 valence electrons. The van der Waals surface area contributed by atoms with Crippen LogP contribution in [-0.2, 0) is 9.47 Å². The van der Waals surface area contributed by atoms with Crippen LogP contribution in [-0.4, -0.2) is 69.3 Å². The number of aliphatic hydroxyl groups is 1. The van der Waals surface area contributed by atoms with Crippen LogP contribution in [0.3, 0.4) is 0 Å². The molecule has 0 bridgehead atoms. The summed E-state index contributed by atoms with van der Waals surface area (Å²) in [5.74, 6) is 0. The van der Waals surface area contributed by atoms with Gasteiger partial charge in [0.15, 0.2) is 0 Å². The van der Waals surface area contributed by atoms with Crippen LogP contribution in [0.5, 0.6) is 0 Å². The lowest BCUT2D eigenvalue weighted by molar-refractivity contribution is -0.893. The van der Waals surface area contributed by atoms with E-state index >= 15 is 0 Å². The molecule has 0 spiro atoms. The van der Waals surface area contributed by atoms with Gasteiger partial charge in [0.05, 0.1) is 27.2 Å². The van der Waals surface area contributed by atoms with Crippen LogP contribution in [0.2, 0.25) is 0 Å². The molecule has 5 heteroatoms. The predicted octanol–water partition coefficient (Wildman–Crippen LogP) is 10.7. The summed E-state index contributed by atoms with van der Waals surface area (Å²) in [6.45, 7) is 9.44. The van der Waals surface area contributed by atoms with Gasteiger partial charge in [-0.25, -0.2) is 0 Å². The first-order valence-corrected chi connectivity index (χ1v) is 22.5. The average molecular weight is 787 g/mol. The maximum Gasteiger partial charge on any atom is 0.130 e. The van der Waals surface area contributed by atoms with Gasteiger partial charge in [-0.2, -0.15) is 0 Å². The Morgan fingerprint density at radius 3 is 1.27 bits per heavy atom. The number of likely N-dealkylation sites (N-methyl/N-ethyl adjacent to an activating group) is 1. The van der Waals surface area contributed by atoms with E-state index in [1.54, 1.807) is 0 Å². The molecular weight excluding hydrogens is 694 g/mol. The van der Waals surface area contributed by atoms with Gasteiger partial charge in [-0.1, -0.05) is 154 Å². The molecule has 0 aliphatic heterocycles. The van der Waals surface area contributed by atoms with Gasteiger partial charge in [-0.15, -0.1) is 0 Å². The summed E-state index contributed by atoms with van der Waals surface area (Å²) in [5.41, 5.74) is 0. The summed E-state index contributed by atoms with van der Waals surface area (Å²) in [5, 5.41) is 9.15. The van der Waals surface area contributed by atoms with Gasteiger partial charge in [0.2, 0.25) is 0 Å². The van der Waals surface area contributed by atoms with Crippen molar-refractivity contribution in [2.24, 2.45) is 0 Å². The van der Waals surface area contributed by atoms with Crippen molar-refractivity contribution in [1.82, 2.24) is 0 Å². The van der Waals surface area contributed by atoms with E-state index in [1.807, 2.05) is 0 Å². The highest BCUT2D eigenvalue weighted by Crippen LogP contribution is 2.14. The summed E-state index contributed by atoms with van der Waals surface area (Å²) in [6, 6.07) is 0. The van der Waals surface area contributed by atoms with E-state index in [9.17, 15) is 0 Å². The number of rotatable bonds is 42. The van der Waals surface area contributed by atoms with Crippen molar-refractivity contribution in [2.75, 3.05) is 53.6 Å². The molecule has 0 aliphatic carbocycles. The molecule has 0 rings (SSSR count). The zero-order chi connectivity index (χ0) is 36.5. The van der Waals surface area contributed by atoms with Crippen molar-refractivity contribution in [3.8, 4) is 0 Å². The van der Waals surface area contributed by atoms with E-state index in [0.717, 1.165) is 63.1 Å². The minimum absolute atomic E-state index is 0. The predicted molar refractivity (Wildman–Crippen MR) is 222 cm³/mol. The van der Waals surface area contributed by atoms with Crippen LogP contribution in [0.4, 0.5) is 0 Å². The van der Waals surface area contributed by atoms with Gasteiger partial charge in [-0.3, -0.25) is 0 Å². The lowest BCUT2D eigenvalue weighted by Crippen LogP contribution is -3.00. The number of halogens is 1. The largest absolute Gasteiger partial charge is 1.00 e. The fourth-order valence-corrected chi connectivity index (χ4v) is 6.89. The molecule has 0 heterocycles. The Morgan fingerprint density at radius 1 is 0.471 bits per heavy atom. The first-order valence-electron chi connectivity index (χ1n) is 22.5. The Kier molecular flexibility index (Phi) is 45.8. The third-order valence-corrected chi connectivity index (χ3v) is 10.2. The van der Waals surface area contributed by atoms with E-state index in [4.69, 9.17) is 14.6 Å². The number of allylic oxidation sites excluding steroid dienone is 4. The number of nitrogens with zero attached hydrogens (tertiary/aromatic N) is 1. The minimum Gasteiger partial charge on any atom is -1.00 e. The maximum absolute atomic E-state index is 9.15. The summed E-state index contributed by atoms with van der Waals surface area (Å²) in [4.78, 5) is 0. The van der Waals surface area contributed by atoms with Crippen LogP contribution < -0.4 is 17.0 Å². The molecule has 1 N–H and O–H groups in total. The third-order valence-electron chi connectivity index (χ3n) is 10.2. The first-order chi connectivity index (χ1) is 24.6. The quantitative estimate of drug-likeness (QED) is 0.0381. The normalized spacial score (nSPS) is 12.7. The highest BCUT2D eigenvalue weighted by molar-refractivity contribution is 4.82. The molecule has 0 aliphatic rings. The molecule has 0 amide bonds. The lowest BCUT2D eigenvalue weighted by atomic mass is 10.1. The molecule has 1 atom stereocenters. The van der Waals surface area contributed by atoms with Crippen molar-refractivity contribution in [3.63, 3.8) is 0 Å². The lowest BCUT2D eigenvalue weighted by Gasteiger charge is -2.33. The Hall–Kier alpha value is -0.200. The van der Waals surface area contributed by atoms with Gasteiger partial charge in [0.1, 0.15) is 12.6 Å². The van der Waals surface area contributed by atoms with Gasteiger partial charge in [0.25, 0.3) is 0 Å².